The van der Waals surface area contributed by atoms with Crippen molar-refractivity contribution in [3.63, 3.8) is 0 Å². The van der Waals surface area contributed by atoms with E-state index >= 15 is 0 Å². The molecule has 0 atom stereocenters. The average molecular weight is 300 g/mol. The van der Waals surface area contributed by atoms with Gasteiger partial charge in [0.2, 0.25) is 0 Å². The van der Waals surface area contributed by atoms with Gasteiger partial charge in [0.1, 0.15) is 11.5 Å². The number of benzene rings is 2. The number of nitro benzene ring substituents is 1. The molecule has 0 spiro atoms. The van der Waals surface area contributed by atoms with Crippen molar-refractivity contribution < 1.29 is 22.5 Å². The summed E-state index contributed by atoms with van der Waals surface area (Å²) in [5, 5.41) is 10.8. The Balaban J connectivity index is 2.77. The first kappa shape index (κ1) is 14.8. The lowest BCUT2D eigenvalue weighted by molar-refractivity contribution is -0.384. The van der Waals surface area contributed by atoms with Crippen LogP contribution in [0, 0.1) is 15.9 Å². The van der Waals surface area contributed by atoms with Gasteiger partial charge in [0.25, 0.3) is 5.69 Å². The van der Waals surface area contributed by atoms with Crippen LogP contribution in [0.4, 0.5) is 28.9 Å². The molecule has 4 nitrogen and oxygen atoms in total. The smallest absolute Gasteiger partial charge is 0.393 e. The molecular formula is C13H8F4N2O2. The van der Waals surface area contributed by atoms with E-state index in [0.29, 0.717) is 6.07 Å². The summed E-state index contributed by atoms with van der Waals surface area (Å²) in [6.07, 6.45) is -4.88. The molecule has 8 heteroatoms. The van der Waals surface area contributed by atoms with Crippen molar-refractivity contribution in [3.8, 4) is 11.1 Å². The summed E-state index contributed by atoms with van der Waals surface area (Å²) >= 11 is 0. The number of nitrogens with two attached hydrogens (primary N) is 1. The van der Waals surface area contributed by atoms with Gasteiger partial charge in [0, 0.05) is 11.6 Å². The number of alkyl halides is 3. The van der Waals surface area contributed by atoms with Gasteiger partial charge in [-0.3, -0.25) is 10.1 Å². The van der Waals surface area contributed by atoms with Crippen LogP contribution in [0.15, 0.2) is 36.4 Å². The van der Waals surface area contributed by atoms with Crippen molar-refractivity contribution in [1.29, 1.82) is 0 Å². The summed E-state index contributed by atoms with van der Waals surface area (Å²) in [6.45, 7) is 0. The van der Waals surface area contributed by atoms with Crippen LogP contribution in [0.5, 0.6) is 0 Å². The first-order valence-corrected chi connectivity index (χ1v) is 5.62. The Kier molecular flexibility index (Phi) is 3.54. The molecule has 0 unspecified atom stereocenters. The van der Waals surface area contributed by atoms with Gasteiger partial charge in [0.15, 0.2) is 0 Å². The van der Waals surface area contributed by atoms with Gasteiger partial charge in [-0.15, -0.1) is 0 Å². The fraction of sp³-hybridized carbons (Fsp3) is 0.0769. The zero-order valence-corrected chi connectivity index (χ0v) is 10.3. The SMILES string of the molecule is Nc1c([N+](=O)[O-])cc(-c2ccccc2F)cc1C(F)(F)F. The predicted octanol–water partition coefficient (Wildman–Crippen LogP) is 4.00. The molecule has 0 heterocycles. The fourth-order valence-electron chi connectivity index (χ4n) is 1.87. The third-order valence-electron chi connectivity index (χ3n) is 2.85. The average Bonchev–Trinajstić information content (AvgIpc) is 2.38. The zero-order valence-electron chi connectivity index (χ0n) is 10.3. The lowest BCUT2D eigenvalue weighted by Gasteiger charge is -2.13. The van der Waals surface area contributed by atoms with E-state index in [-0.39, 0.29) is 11.1 Å². The maximum absolute atomic E-state index is 13.7. The summed E-state index contributed by atoms with van der Waals surface area (Å²) in [5.41, 5.74) is 1.49. The van der Waals surface area contributed by atoms with Crippen LogP contribution in [0.3, 0.4) is 0 Å². The van der Waals surface area contributed by atoms with Crippen molar-refractivity contribution in [2.45, 2.75) is 6.18 Å². The van der Waals surface area contributed by atoms with Crippen LogP contribution in [0.1, 0.15) is 5.56 Å². The highest BCUT2D eigenvalue weighted by molar-refractivity contribution is 5.76. The molecule has 0 bridgehead atoms. The third-order valence-corrected chi connectivity index (χ3v) is 2.85. The first-order valence-electron chi connectivity index (χ1n) is 5.62. The Morgan fingerprint density at radius 2 is 1.76 bits per heavy atom. The Hall–Kier alpha value is -2.64. The standard InChI is InChI=1S/C13H8F4N2O2/c14-10-4-2-1-3-8(10)7-5-9(13(15,16)17)12(18)11(6-7)19(20)21/h1-6H,18H2. The molecule has 110 valence electrons. The molecule has 0 aliphatic carbocycles. The van der Waals surface area contributed by atoms with E-state index in [4.69, 9.17) is 5.73 Å². The second-order valence-corrected chi connectivity index (χ2v) is 4.19. The van der Waals surface area contributed by atoms with Crippen LogP contribution >= 0.6 is 0 Å². The van der Waals surface area contributed by atoms with E-state index in [1.807, 2.05) is 0 Å². The number of halogens is 4. The van der Waals surface area contributed by atoms with Gasteiger partial charge in [-0.25, -0.2) is 4.39 Å². The number of hydrogen-bond donors (Lipinski definition) is 1. The number of nitrogens with zero attached hydrogens (tertiary/aromatic N) is 1. The van der Waals surface area contributed by atoms with Crippen molar-refractivity contribution in [2.24, 2.45) is 0 Å². The van der Waals surface area contributed by atoms with E-state index in [2.05, 4.69) is 0 Å². The molecule has 0 aromatic heterocycles. The number of anilines is 1. The van der Waals surface area contributed by atoms with E-state index in [1.165, 1.54) is 18.2 Å². The van der Waals surface area contributed by atoms with Gasteiger partial charge in [-0.1, -0.05) is 18.2 Å². The highest BCUT2D eigenvalue weighted by Gasteiger charge is 2.37. The summed E-state index contributed by atoms with van der Waals surface area (Å²) < 4.78 is 52.3. The lowest BCUT2D eigenvalue weighted by atomic mass is 10.00. The van der Waals surface area contributed by atoms with E-state index in [1.54, 1.807) is 0 Å². The minimum absolute atomic E-state index is 0.175. The third kappa shape index (κ3) is 2.78. The monoisotopic (exact) mass is 300 g/mol. The molecule has 2 aromatic carbocycles. The maximum Gasteiger partial charge on any atom is 0.418 e. The predicted molar refractivity (Wildman–Crippen MR) is 67.9 cm³/mol. The second-order valence-electron chi connectivity index (χ2n) is 4.19. The summed E-state index contributed by atoms with van der Waals surface area (Å²) in [7, 11) is 0. The normalized spacial score (nSPS) is 11.4. The summed E-state index contributed by atoms with van der Waals surface area (Å²) in [4.78, 5) is 9.80. The minimum atomic E-state index is -4.88. The lowest BCUT2D eigenvalue weighted by Crippen LogP contribution is -2.11. The van der Waals surface area contributed by atoms with Crippen molar-refractivity contribution in [2.75, 3.05) is 5.73 Å². The summed E-state index contributed by atoms with van der Waals surface area (Å²) in [5.74, 6) is -0.787. The molecule has 0 amide bonds. The number of nitro groups is 1. The van der Waals surface area contributed by atoms with Crippen molar-refractivity contribution in [1.82, 2.24) is 0 Å². The first-order chi connectivity index (χ1) is 9.71. The number of rotatable bonds is 2. The molecule has 0 aliphatic rings. The number of nitrogen functional groups attached to an aromatic ring is 1. The quantitative estimate of drug-likeness (QED) is 0.394. The topological polar surface area (TPSA) is 69.2 Å². The molecule has 2 rings (SSSR count). The molecule has 2 aromatic rings. The Labute approximate surface area is 116 Å². The zero-order chi connectivity index (χ0) is 15.8. The van der Waals surface area contributed by atoms with Gasteiger partial charge in [-0.2, -0.15) is 13.2 Å². The number of hydrogen-bond acceptors (Lipinski definition) is 3. The highest BCUT2D eigenvalue weighted by atomic mass is 19.4. The van der Waals surface area contributed by atoms with E-state index in [9.17, 15) is 27.7 Å². The Morgan fingerprint density at radius 1 is 1.14 bits per heavy atom. The minimum Gasteiger partial charge on any atom is -0.393 e. The van der Waals surface area contributed by atoms with E-state index < -0.39 is 33.9 Å². The van der Waals surface area contributed by atoms with E-state index in [0.717, 1.165) is 12.1 Å². The molecule has 0 aliphatic heterocycles. The molecular weight excluding hydrogens is 292 g/mol. The molecule has 0 saturated heterocycles. The largest absolute Gasteiger partial charge is 0.418 e. The van der Waals surface area contributed by atoms with Crippen LogP contribution in [-0.4, -0.2) is 4.92 Å². The van der Waals surface area contributed by atoms with Crippen LogP contribution < -0.4 is 5.73 Å². The van der Waals surface area contributed by atoms with Gasteiger partial charge >= 0.3 is 6.18 Å². The summed E-state index contributed by atoms with van der Waals surface area (Å²) in [6, 6.07) is 6.46. The fourth-order valence-corrected chi connectivity index (χ4v) is 1.87. The molecule has 0 saturated carbocycles. The van der Waals surface area contributed by atoms with Gasteiger partial charge in [-0.05, 0) is 17.7 Å². The van der Waals surface area contributed by atoms with Crippen molar-refractivity contribution >= 4 is 11.4 Å². The Morgan fingerprint density at radius 3 is 2.29 bits per heavy atom. The van der Waals surface area contributed by atoms with Crippen molar-refractivity contribution in [3.05, 3.63) is 57.9 Å². The van der Waals surface area contributed by atoms with Gasteiger partial charge in [0.05, 0.1) is 10.5 Å². The van der Waals surface area contributed by atoms with Crippen LogP contribution in [0.25, 0.3) is 11.1 Å². The molecule has 0 radical (unpaired) electrons. The molecule has 21 heavy (non-hydrogen) atoms. The van der Waals surface area contributed by atoms with Crippen LogP contribution in [-0.2, 0) is 6.18 Å². The van der Waals surface area contributed by atoms with Crippen LogP contribution in [0.2, 0.25) is 0 Å². The second kappa shape index (κ2) is 5.04. The molecule has 0 fully saturated rings. The molecule has 2 N–H and O–H groups in total. The maximum atomic E-state index is 13.7. The highest BCUT2D eigenvalue weighted by Crippen LogP contribution is 2.41. The van der Waals surface area contributed by atoms with Gasteiger partial charge < -0.3 is 5.73 Å². The Bertz CT molecular complexity index is 714.